The Bertz CT molecular complexity index is 2760. The van der Waals surface area contributed by atoms with Crippen LogP contribution in [0.3, 0.4) is 0 Å². The van der Waals surface area contributed by atoms with Crippen LogP contribution in [0.4, 0.5) is 4.70 Å². The number of aliphatic hydroxyl groups excluding tert-OH is 3. The Morgan fingerprint density at radius 3 is 1.58 bits per heavy atom. The average molecular weight is 1470 g/mol. The second-order valence-corrected chi connectivity index (χ2v) is 50.1. The Morgan fingerprint density at radius 1 is 0.711 bits per heavy atom. The normalized spacial score (nSPS) is 32.2. The summed E-state index contributed by atoms with van der Waals surface area (Å²) in [5.41, 5.74) is 6.66. The molecule has 0 amide bonds. The standard InChI is InChI=1S/C31H46O5.C29H60O3Si3.C20H29BrO2.C2H6.FH/c1-18(16-28-19(2)20(3)30(35)36-28)25-12-13-26-22(8-6-14-31(25,26)5)10-11-23-17-27(33)24(9-7-15-32)29(34)21(23)4;1-18-21-26(32-35(16,17)29(9,10)11)24(22-20-23-30-33(12,13)27(3,4)5)25(19-2)31-34(14,15)28(6,7)8;1-12(10-18-13(2)14(3)19(22)23-18)16-7-8-17-15(11-21)6-5-9-20(16,17)4;1-2;/h10-11,18-19,24-29,32-34H,3-4,6-9,12-17H2,1-2,5H3;1,19,24-26H,2,20-23H2,3-17H3;11-13,16-18H,3,5-10H2,1-2,4H3;1-2H3;1H/b22-10+,23-11-;;15-11+;;/t18-,19-,24+,25-,26+,27-,28-,29-,31-;24-,25-,26-;12-,13-,16-,17+,18-,20-;;/m111../s1. The van der Waals surface area contributed by atoms with E-state index in [0.29, 0.717) is 71.5 Å². The van der Waals surface area contributed by atoms with Crippen LogP contribution in [0.1, 0.15) is 233 Å². The molecule has 0 aromatic rings. The number of allylic oxidation sites excluding steroid dienone is 4. The molecular weight excluding hydrogens is 1330 g/mol. The highest BCUT2D eigenvalue weighted by Gasteiger charge is 2.54. The monoisotopic (exact) mass is 1470 g/mol. The Kier molecular flexibility index (Phi) is 33.6. The molecule has 7 rings (SSSR count). The minimum atomic E-state index is -2.02. The Balaban J connectivity index is 0.000000380. The molecule has 5 saturated carbocycles. The number of esters is 2. The highest BCUT2D eigenvalue weighted by molar-refractivity contribution is 9.11. The molecule has 0 spiro atoms. The third-order valence-electron chi connectivity index (χ3n) is 26.2. The number of terminal acetylenes is 1. The van der Waals surface area contributed by atoms with Gasteiger partial charge in [0.25, 0.3) is 0 Å². The number of carbonyl (C=O) groups is 2. The fraction of sp³-hybridized carbons (Fsp3) is 0.780. The first-order valence-electron chi connectivity index (χ1n) is 37.6. The number of aliphatic hydroxyl groups is 3. The van der Waals surface area contributed by atoms with Crippen molar-refractivity contribution in [3.63, 3.8) is 0 Å². The summed E-state index contributed by atoms with van der Waals surface area (Å²) in [5, 5.41) is 31.0. The Labute approximate surface area is 604 Å². The SMILES string of the molecule is C#CC[C@@H](O[Si](C)(C)C(C)(C)C)[C@H](CCCO[Si](C)(C)C(C)(C)C)[C@@H](C=C)O[Si](C)(C)C(C)(C)C.C=C1C(=O)O[C@H](C[C@@H](C)[C@H]2CC[C@H]3/C(=C/Br)CCC[C@]23C)[C@@H]1C.C=C1C(=O)O[C@H](C[C@@H](C)[C@H]2CC[C@H]3/C(=C/C=C4/C[C@@H](O)[C@H](CCCO)[C@H](O)C4=C)CCC[C@]23C)[C@@H]1C.CC.F. The lowest BCUT2D eigenvalue weighted by Crippen LogP contribution is -2.50. The van der Waals surface area contributed by atoms with Crippen LogP contribution < -0.4 is 0 Å². The van der Waals surface area contributed by atoms with Gasteiger partial charge in [0.2, 0.25) is 0 Å². The van der Waals surface area contributed by atoms with Gasteiger partial charge in [-0.2, -0.15) is 0 Å². The predicted octanol–water partition coefficient (Wildman–Crippen LogP) is 21.5. The largest absolute Gasteiger partial charge is 0.458 e. The summed E-state index contributed by atoms with van der Waals surface area (Å²) in [4.78, 5) is 25.9. The van der Waals surface area contributed by atoms with E-state index in [1.807, 2.05) is 19.9 Å². The fourth-order valence-electron chi connectivity index (χ4n) is 16.8. The molecule has 7 aliphatic rings. The molecule has 2 saturated heterocycles. The molecule has 0 aromatic heterocycles. The van der Waals surface area contributed by atoms with Gasteiger partial charge >= 0.3 is 11.9 Å². The number of cyclic esters (lactones) is 2. The smallest absolute Gasteiger partial charge is 0.334 e. The molecule has 10 nitrogen and oxygen atoms in total. The molecule has 15 heteroatoms. The van der Waals surface area contributed by atoms with Gasteiger partial charge in [-0.05, 0) is 226 Å². The van der Waals surface area contributed by atoms with E-state index in [2.05, 4.69) is 208 Å². The number of rotatable bonds is 23. The van der Waals surface area contributed by atoms with Crippen molar-refractivity contribution in [1.82, 2.24) is 0 Å². The van der Waals surface area contributed by atoms with E-state index in [0.717, 1.165) is 56.1 Å². The molecule has 0 unspecified atom stereocenters. The topological polar surface area (TPSA) is 141 Å². The molecule has 18 atom stereocenters. The zero-order valence-electron chi connectivity index (χ0n) is 65.6. The summed E-state index contributed by atoms with van der Waals surface area (Å²) in [6.07, 6.45) is 29.2. The lowest BCUT2D eigenvalue weighted by atomic mass is 9.60. The number of halogens is 2. The van der Waals surface area contributed by atoms with E-state index in [1.54, 1.807) is 5.57 Å². The first-order valence-corrected chi connectivity index (χ1v) is 47.2. The van der Waals surface area contributed by atoms with Gasteiger partial charge in [0.15, 0.2) is 25.0 Å². The van der Waals surface area contributed by atoms with E-state index in [1.165, 1.54) is 63.4 Å². The molecule has 2 heterocycles. The van der Waals surface area contributed by atoms with Crippen LogP contribution in [0.15, 0.2) is 83.0 Å². The Hall–Kier alpha value is -2.50. The summed E-state index contributed by atoms with van der Waals surface area (Å²) >= 11 is 3.59. The van der Waals surface area contributed by atoms with Crippen molar-refractivity contribution in [3.8, 4) is 12.3 Å². The quantitative estimate of drug-likeness (QED) is 0.0226. The van der Waals surface area contributed by atoms with Crippen LogP contribution in [-0.4, -0.2) is 102 Å². The van der Waals surface area contributed by atoms with Crippen LogP contribution in [0, 0.1) is 82.4 Å². The molecule has 2 aliphatic heterocycles. The van der Waals surface area contributed by atoms with Crippen molar-refractivity contribution in [2.45, 2.75) is 324 Å². The third kappa shape index (κ3) is 21.6. The Morgan fingerprint density at radius 2 is 1.16 bits per heavy atom. The molecule has 0 bridgehead atoms. The lowest BCUT2D eigenvalue weighted by Gasteiger charge is -2.45. The molecule has 97 heavy (non-hydrogen) atoms. The zero-order chi connectivity index (χ0) is 73.1. The minimum absolute atomic E-state index is 0. The summed E-state index contributed by atoms with van der Waals surface area (Å²) in [5.74, 6) is 6.32. The average Bonchev–Trinajstić information content (AvgIpc) is 1.54. The van der Waals surface area contributed by atoms with Gasteiger partial charge in [0.1, 0.15) is 12.2 Å². The lowest BCUT2D eigenvalue weighted by molar-refractivity contribution is -0.141. The summed E-state index contributed by atoms with van der Waals surface area (Å²) in [6, 6.07) is 0. The van der Waals surface area contributed by atoms with Crippen molar-refractivity contribution in [2.75, 3.05) is 13.2 Å². The van der Waals surface area contributed by atoms with E-state index in [4.69, 9.17) is 34.3 Å². The molecular formula is C82H142BrFO10Si3. The van der Waals surface area contributed by atoms with Gasteiger partial charge in [0, 0.05) is 54.5 Å². The summed E-state index contributed by atoms with van der Waals surface area (Å²) in [6.45, 7) is 69.3. The van der Waals surface area contributed by atoms with E-state index >= 15 is 0 Å². The van der Waals surface area contributed by atoms with Gasteiger partial charge in [0.05, 0.1) is 24.4 Å². The van der Waals surface area contributed by atoms with Crippen LogP contribution in [0.2, 0.25) is 54.4 Å². The number of hydrogen-bond acceptors (Lipinski definition) is 10. The van der Waals surface area contributed by atoms with E-state index < -0.39 is 37.2 Å². The molecule has 556 valence electrons. The first-order chi connectivity index (χ1) is 44.4. The highest BCUT2D eigenvalue weighted by atomic mass is 79.9. The van der Waals surface area contributed by atoms with Gasteiger partial charge in [-0.25, -0.2) is 9.59 Å². The molecule has 5 aliphatic carbocycles. The van der Waals surface area contributed by atoms with Crippen molar-refractivity contribution < 1.29 is 52.4 Å². The maximum atomic E-state index is 12.0. The van der Waals surface area contributed by atoms with E-state index in [9.17, 15) is 19.8 Å². The number of ether oxygens (including phenoxy) is 2. The van der Waals surface area contributed by atoms with Gasteiger partial charge in [-0.3, -0.25) is 4.70 Å². The number of fused-ring (bicyclic) bond motifs is 2. The van der Waals surface area contributed by atoms with Crippen LogP contribution in [-0.2, 0) is 32.3 Å². The molecule has 0 aromatic carbocycles. The van der Waals surface area contributed by atoms with Crippen molar-refractivity contribution in [3.05, 3.63) is 83.0 Å². The maximum Gasteiger partial charge on any atom is 0.334 e. The predicted molar refractivity (Wildman–Crippen MR) is 417 cm³/mol. The van der Waals surface area contributed by atoms with Crippen molar-refractivity contribution in [2.24, 2.45) is 70.0 Å². The van der Waals surface area contributed by atoms with Crippen LogP contribution in [0.5, 0.6) is 0 Å². The second-order valence-electron chi connectivity index (χ2n) is 35.3. The van der Waals surface area contributed by atoms with Gasteiger partial charge < -0.3 is 38.1 Å². The van der Waals surface area contributed by atoms with Crippen molar-refractivity contribution >= 4 is 52.8 Å². The van der Waals surface area contributed by atoms with Crippen LogP contribution in [0.25, 0.3) is 0 Å². The number of carbonyl (C=O) groups excluding carboxylic acids is 2. The van der Waals surface area contributed by atoms with Crippen molar-refractivity contribution in [1.29, 1.82) is 0 Å². The second kappa shape index (κ2) is 36.8. The number of hydrogen-bond donors (Lipinski definition) is 3. The summed E-state index contributed by atoms with van der Waals surface area (Å²) in [7, 11) is -5.81. The molecule has 7 fully saturated rings. The van der Waals surface area contributed by atoms with Crippen LogP contribution >= 0.6 is 15.9 Å². The summed E-state index contributed by atoms with van der Waals surface area (Å²) < 4.78 is 31.7. The fourth-order valence-corrected chi connectivity index (χ4v) is 21.1. The van der Waals surface area contributed by atoms with E-state index in [-0.39, 0.29) is 91.9 Å². The maximum absolute atomic E-state index is 12.0. The third-order valence-corrected chi connectivity index (χ3v) is 40.3. The first kappa shape index (κ1) is 88.7. The molecule has 3 N–H and O–H groups in total. The molecule has 0 radical (unpaired) electrons. The van der Waals surface area contributed by atoms with Gasteiger partial charge in [-0.15, -0.1) is 18.9 Å². The minimum Gasteiger partial charge on any atom is -0.458 e. The van der Waals surface area contributed by atoms with Gasteiger partial charge in [-0.1, -0.05) is 183 Å². The highest BCUT2D eigenvalue weighted by Crippen LogP contribution is 2.62. The zero-order valence-corrected chi connectivity index (χ0v) is 70.2.